The van der Waals surface area contributed by atoms with Gasteiger partial charge in [0.25, 0.3) is 15.9 Å². The maximum absolute atomic E-state index is 12.5. The van der Waals surface area contributed by atoms with Crippen LogP contribution < -0.4 is 19.5 Å². The Morgan fingerprint density at radius 2 is 1.63 bits per heavy atom. The monoisotopic (exact) mass is 430 g/mol. The molecule has 0 fully saturated rings. The summed E-state index contributed by atoms with van der Waals surface area (Å²) in [6.07, 6.45) is 1.53. The minimum absolute atomic E-state index is 0.0750. The topological polar surface area (TPSA) is 107 Å². The second-order valence-electron chi connectivity index (χ2n) is 6.18. The van der Waals surface area contributed by atoms with Gasteiger partial charge in [-0.1, -0.05) is 0 Å². The first kappa shape index (κ1) is 21.3. The van der Waals surface area contributed by atoms with E-state index in [0.29, 0.717) is 29.6 Å². The molecular formula is C21H22N2O6S. The largest absolute Gasteiger partial charge is 0.494 e. The molecule has 3 aromatic rings. The minimum Gasteiger partial charge on any atom is -0.494 e. The zero-order valence-electron chi connectivity index (χ0n) is 16.3. The summed E-state index contributed by atoms with van der Waals surface area (Å²) in [5.74, 6) is 1.36. The number of hydrogen-bond donors (Lipinski definition) is 2. The van der Waals surface area contributed by atoms with Gasteiger partial charge in [-0.25, -0.2) is 8.42 Å². The van der Waals surface area contributed by atoms with Crippen LogP contribution in [0, 0.1) is 0 Å². The number of amides is 1. The van der Waals surface area contributed by atoms with Gasteiger partial charge in [0.1, 0.15) is 17.3 Å². The molecule has 0 aliphatic heterocycles. The quantitative estimate of drug-likeness (QED) is 0.512. The Bertz CT molecular complexity index is 1050. The molecule has 0 aliphatic rings. The van der Waals surface area contributed by atoms with Crippen LogP contribution in [0.4, 0.5) is 5.69 Å². The number of carbonyl (C=O) groups is 1. The number of ether oxygens (including phenoxy) is 2. The van der Waals surface area contributed by atoms with E-state index in [0.717, 1.165) is 0 Å². The SMILES string of the molecule is CCOc1ccc(NS(=O)(=O)c2ccc(OCC(=O)NCc3ccco3)cc2)cc1. The summed E-state index contributed by atoms with van der Waals surface area (Å²) < 4.78 is 43.4. The number of nitrogens with one attached hydrogen (secondary N) is 2. The fourth-order valence-electron chi connectivity index (χ4n) is 2.51. The van der Waals surface area contributed by atoms with Gasteiger partial charge in [0.15, 0.2) is 6.61 Å². The van der Waals surface area contributed by atoms with Gasteiger partial charge >= 0.3 is 0 Å². The van der Waals surface area contributed by atoms with Gasteiger partial charge in [-0.3, -0.25) is 9.52 Å². The fraction of sp³-hybridized carbons (Fsp3) is 0.190. The highest BCUT2D eigenvalue weighted by molar-refractivity contribution is 7.92. The van der Waals surface area contributed by atoms with Crippen LogP contribution in [0.3, 0.4) is 0 Å². The van der Waals surface area contributed by atoms with Gasteiger partial charge in [-0.05, 0) is 67.6 Å². The van der Waals surface area contributed by atoms with Gasteiger partial charge < -0.3 is 19.2 Å². The molecule has 0 aliphatic carbocycles. The van der Waals surface area contributed by atoms with E-state index < -0.39 is 10.0 Å². The summed E-state index contributed by atoms with van der Waals surface area (Å²) in [5, 5.41) is 2.66. The third kappa shape index (κ3) is 6.02. The number of sulfonamides is 1. The molecule has 0 bridgehead atoms. The van der Waals surface area contributed by atoms with E-state index in [2.05, 4.69) is 10.0 Å². The molecule has 1 amide bonds. The molecule has 0 saturated heterocycles. The number of hydrogen-bond acceptors (Lipinski definition) is 6. The van der Waals surface area contributed by atoms with Gasteiger partial charge in [-0.15, -0.1) is 0 Å². The lowest BCUT2D eigenvalue weighted by molar-refractivity contribution is -0.123. The first-order valence-corrected chi connectivity index (χ1v) is 10.7. The van der Waals surface area contributed by atoms with E-state index in [1.165, 1.54) is 30.5 Å². The van der Waals surface area contributed by atoms with Crippen LogP contribution in [-0.2, 0) is 21.4 Å². The van der Waals surface area contributed by atoms with Crippen molar-refractivity contribution in [3.8, 4) is 11.5 Å². The lowest BCUT2D eigenvalue weighted by Gasteiger charge is -2.10. The summed E-state index contributed by atoms with van der Waals surface area (Å²) in [6.45, 7) is 2.48. The maximum Gasteiger partial charge on any atom is 0.261 e. The molecule has 0 atom stereocenters. The standard InChI is InChI=1S/C21H22N2O6S/c1-2-27-17-7-5-16(6-8-17)23-30(25,26)20-11-9-18(10-12-20)29-15-21(24)22-14-19-4-3-13-28-19/h3-13,23H,2,14-15H2,1H3,(H,22,24). The van der Waals surface area contributed by atoms with Crippen molar-refractivity contribution in [2.45, 2.75) is 18.4 Å². The Balaban J connectivity index is 1.52. The van der Waals surface area contributed by atoms with Crippen molar-refractivity contribution < 1.29 is 27.1 Å². The van der Waals surface area contributed by atoms with Crippen molar-refractivity contribution >= 4 is 21.6 Å². The van der Waals surface area contributed by atoms with Crippen molar-refractivity contribution in [1.29, 1.82) is 0 Å². The molecule has 158 valence electrons. The van der Waals surface area contributed by atoms with Crippen LogP contribution in [0.2, 0.25) is 0 Å². The third-order valence-electron chi connectivity index (χ3n) is 3.96. The Labute approximate surface area is 174 Å². The zero-order chi connectivity index (χ0) is 21.4. The highest BCUT2D eigenvalue weighted by Crippen LogP contribution is 2.21. The average Bonchev–Trinajstić information content (AvgIpc) is 3.26. The number of rotatable bonds is 10. The van der Waals surface area contributed by atoms with Gasteiger partial charge in [0, 0.05) is 5.69 Å². The summed E-state index contributed by atoms with van der Waals surface area (Å²) in [4.78, 5) is 11.9. The smallest absolute Gasteiger partial charge is 0.261 e. The van der Waals surface area contributed by atoms with Gasteiger partial charge in [0.2, 0.25) is 0 Å². The number of furan rings is 1. The normalized spacial score (nSPS) is 11.0. The van der Waals surface area contributed by atoms with Crippen molar-refractivity contribution in [3.63, 3.8) is 0 Å². The van der Waals surface area contributed by atoms with E-state index in [-0.39, 0.29) is 24.0 Å². The molecule has 30 heavy (non-hydrogen) atoms. The third-order valence-corrected chi connectivity index (χ3v) is 5.36. The van der Waals surface area contributed by atoms with Crippen LogP contribution in [0.5, 0.6) is 11.5 Å². The number of carbonyl (C=O) groups excluding carboxylic acids is 1. The zero-order valence-corrected chi connectivity index (χ0v) is 17.1. The van der Waals surface area contributed by atoms with Crippen LogP contribution in [0.25, 0.3) is 0 Å². The van der Waals surface area contributed by atoms with Crippen molar-refractivity contribution in [3.05, 3.63) is 72.7 Å². The Morgan fingerprint density at radius 3 is 2.27 bits per heavy atom. The van der Waals surface area contributed by atoms with Crippen LogP contribution >= 0.6 is 0 Å². The Kier molecular flexibility index (Phi) is 6.97. The van der Waals surface area contributed by atoms with Crippen LogP contribution in [0.15, 0.2) is 76.2 Å². The predicted molar refractivity (Wildman–Crippen MR) is 111 cm³/mol. The molecule has 9 heteroatoms. The van der Waals surface area contributed by atoms with Crippen LogP contribution in [-0.4, -0.2) is 27.5 Å². The number of benzene rings is 2. The minimum atomic E-state index is -3.76. The summed E-state index contributed by atoms with van der Waals surface area (Å²) in [7, 11) is -3.76. The van der Waals surface area contributed by atoms with Crippen molar-refractivity contribution in [2.24, 2.45) is 0 Å². The predicted octanol–water partition coefficient (Wildman–Crippen LogP) is 3.17. The molecule has 0 radical (unpaired) electrons. The van der Waals surface area contributed by atoms with E-state index >= 15 is 0 Å². The molecule has 1 heterocycles. The molecule has 8 nitrogen and oxygen atoms in total. The highest BCUT2D eigenvalue weighted by atomic mass is 32.2. The molecule has 0 unspecified atom stereocenters. The van der Waals surface area contributed by atoms with E-state index in [1.54, 1.807) is 36.4 Å². The summed E-state index contributed by atoms with van der Waals surface area (Å²) in [6, 6.07) is 15.9. The lowest BCUT2D eigenvalue weighted by atomic mass is 10.3. The van der Waals surface area contributed by atoms with Crippen molar-refractivity contribution in [2.75, 3.05) is 17.9 Å². The molecule has 2 aromatic carbocycles. The lowest BCUT2D eigenvalue weighted by Crippen LogP contribution is -2.28. The van der Waals surface area contributed by atoms with Gasteiger partial charge in [0.05, 0.1) is 24.3 Å². The van der Waals surface area contributed by atoms with E-state index in [1.807, 2.05) is 6.92 Å². The first-order chi connectivity index (χ1) is 14.5. The molecule has 3 rings (SSSR count). The summed E-state index contributed by atoms with van der Waals surface area (Å²) >= 11 is 0. The molecule has 0 saturated carbocycles. The first-order valence-electron chi connectivity index (χ1n) is 9.24. The second-order valence-corrected chi connectivity index (χ2v) is 7.86. The summed E-state index contributed by atoms with van der Waals surface area (Å²) in [5.41, 5.74) is 0.423. The highest BCUT2D eigenvalue weighted by Gasteiger charge is 2.14. The Morgan fingerprint density at radius 1 is 0.967 bits per heavy atom. The molecule has 1 aromatic heterocycles. The molecular weight excluding hydrogens is 408 g/mol. The van der Waals surface area contributed by atoms with Gasteiger partial charge in [-0.2, -0.15) is 0 Å². The Hall–Kier alpha value is -3.46. The molecule has 2 N–H and O–H groups in total. The van der Waals surface area contributed by atoms with Crippen molar-refractivity contribution in [1.82, 2.24) is 5.32 Å². The van der Waals surface area contributed by atoms with E-state index in [4.69, 9.17) is 13.9 Å². The maximum atomic E-state index is 12.5. The van der Waals surface area contributed by atoms with Crippen LogP contribution in [0.1, 0.15) is 12.7 Å². The molecule has 0 spiro atoms. The number of anilines is 1. The second kappa shape index (κ2) is 9.84. The average molecular weight is 430 g/mol. The fourth-order valence-corrected chi connectivity index (χ4v) is 3.57. The van der Waals surface area contributed by atoms with E-state index in [9.17, 15) is 13.2 Å².